The number of hydrogen-bond acceptors (Lipinski definition) is 4. The van der Waals surface area contributed by atoms with E-state index in [4.69, 9.17) is 5.73 Å². The first kappa shape index (κ1) is 33.1. The molecule has 1 aromatic carbocycles. The Morgan fingerprint density at radius 1 is 0.780 bits per heavy atom. The van der Waals surface area contributed by atoms with Gasteiger partial charge in [-0.1, -0.05) is 65.2 Å². The van der Waals surface area contributed by atoms with Crippen LogP contribution in [0.3, 0.4) is 0 Å². The summed E-state index contributed by atoms with van der Waals surface area (Å²) < 4.78 is 0. The van der Waals surface area contributed by atoms with Crippen LogP contribution in [0, 0.1) is 11.8 Å². The number of nitrogens with zero attached hydrogens (tertiary/aromatic N) is 2. The summed E-state index contributed by atoms with van der Waals surface area (Å²) in [5, 5.41) is 2.79. The lowest BCUT2D eigenvalue weighted by molar-refractivity contribution is -0.140. The van der Waals surface area contributed by atoms with E-state index < -0.39 is 5.54 Å². The number of carbonyl (C=O) groups excluding carboxylic acids is 3. The highest BCUT2D eigenvalue weighted by Gasteiger charge is 2.55. The van der Waals surface area contributed by atoms with E-state index in [1.165, 1.54) is 32.6 Å². The van der Waals surface area contributed by atoms with Crippen LogP contribution in [-0.4, -0.2) is 59.2 Å². The van der Waals surface area contributed by atoms with E-state index in [1.54, 1.807) is 24.3 Å². The number of anilines is 1. The van der Waals surface area contributed by atoms with Gasteiger partial charge in [0.15, 0.2) is 0 Å². The lowest BCUT2D eigenvalue weighted by Gasteiger charge is -2.53. The van der Waals surface area contributed by atoms with Crippen LogP contribution in [0.4, 0.5) is 5.69 Å². The van der Waals surface area contributed by atoms with Gasteiger partial charge in [0, 0.05) is 24.7 Å². The highest BCUT2D eigenvalue weighted by molar-refractivity contribution is 6.00. The lowest BCUT2D eigenvalue weighted by Crippen LogP contribution is -2.68. The van der Waals surface area contributed by atoms with Gasteiger partial charge in [-0.15, -0.1) is 0 Å². The summed E-state index contributed by atoms with van der Waals surface area (Å²) >= 11 is 0. The van der Waals surface area contributed by atoms with E-state index in [0.29, 0.717) is 17.8 Å². The topological polar surface area (TPSA) is 95.7 Å². The van der Waals surface area contributed by atoms with Crippen LogP contribution < -0.4 is 11.1 Å². The minimum atomic E-state index is -0.966. The maximum absolute atomic E-state index is 14.6. The molecule has 1 aromatic rings. The van der Waals surface area contributed by atoms with Crippen molar-refractivity contribution in [3.8, 4) is 0 Å². The second-order valence-corrected chi connectivity index (χ2v) is 12.5. The number of rotatable bonds is 16. The van der Waals surface area contributed by atoms with Crippen LogP contribution >= 0.6 is 0 Å². The van der Waals surface area contributed by atoms with Crippen molar-refractivity contribution in [3.05, 3.63) is 29.8 Å². The highest BCUT2D eigenvalue weighted by atomic mass is 16.2. The largest absolute Gasteiger partial charge is 0.368 e. The summed E-state index contributed by atoms with van der Waals surface area (Å²) in [6.45, 7) is 9.51. The molecule has 230 valence electrons. The zero-order valence-electron chi connectivity index (χ0n) is 26.1. The molecule has 2 aliphatic rings. The first-order chi connectivity index (χ1) is 19.8. The third kappa shape index (κ3) is 8.79. The molecule has 0 aromatic heterocycles. The number of hydrogen-bond donors (Lipinski definition) is 2. The van der Waals surface area contributed by atoms with Gasteiger partial charge < -0.3 is 20.9 Å². The number of nitrogens with one attached hydrogen (secondary N) is 1. The number of benzene rings is 1. The van der Waals surface area contributed by atoms with E-state index in [1.807, 2.05) is 4.90 Å². The Kier molecular flexibility index (Phi) is 13.6. The molecule has 0 spiro atoms. The van der Waals surface area contributed by atoms with Gasteiger partial charge >= 0.3 is 0 Å². The van der Waals surface area contributed by atoms with Gasteiger partial charge in [-0.3, -0.25) is 14.4 Å². The maximum atomic E-state index is 14.6. The molecule has 2 saturated carbocycles. The number of primary amides is 1. The van der Waals surface area contributed by atoms with Crippen molar-refractivity contribution in [2.24, 2.45) is 17.6 Å². The Morgan fingerprint density at radius 2 is 1.27 bits per heavy atom. The fraction of sp³-hybridized carbons (Fsp3) is 0.735. The molecule has 2 fully saturated rings. The minimum absolute atomic E-state index is 0.0933. The van der Waals surface area contributed by atoms with Crippen molar-refractivity contribution < 1.29 is 14.4 Å². The molecule has 3 rings (SSSR count). The predicted molar refractivity (Wildman–Crippen MR) is 168 cm³/mol. The Bertz CT molecular complexity index is 925. The van der Waals surface area contributed by atoms with Crippen molar-refractivity contribution in [3.63, 3.8) is 0 Å². The summed E-state index contributed by atoms with van der Waals surface area (Å²) in [5.41, 5.74) is 6.74. The molecule has 3 N–H and O–H groups in total. The summed E-state index contributed by atoms with van der Waals surface area (Å²) in [6, 6.07) is 7.11. The van der Waals surface area contributed by atoms with Gasteiger partial charge in [0.05, 0.1) is 0 Å². The van der Waals surface area contributed by atoms with E-state index in [9.17, 15) is 14.4 Å². The van der Waals surface area contributed by atoms with E-state index in [2.05, 4.69) is 24.1 Å². The average molecular weight is 569 g/mol. The molecule has 0 atom stereocenters. The smallest absolute Gasteiger partial charge is 0.254 e. The Hall–Kier alpha value is -2.41. The van der Waals surface area contributed by atoms with Gasteiger partial charge in [-0.25, -0.2) is 0 Å². The quantitative estimate of drug-likeness (QED) is 0.230. The SMILES string of the molecule is CCCCN(CCCC)CCCN(C(=O)c1ccc(NC(C)=O)cc1)C(C(N)=O)(C1CCCCC1)C1CCCCC1. The lowest BCUT2D eigenvalue weighted by atomic mass is 9.62. The molecule has 7 nitrogen and oxygen atoms in total. The Morgan fingerprint density at radius 3 is 1.71 bits per heavy atom. The molecular formula is C34H56N4O3. The molecule has 7 heteroatoms. The Balaban J connectivity index is 2.00. The minimum Gasteiger partial charge on any atom is -0.368 e. The fourth-order valence-corrected chi connectivity index (χ4v) is 7.46. The summed E-state index contributed by atoms with van der Waals surface area (Å²) in [4.78, 5) is 44.5. The normalized spacial score (nSPS) is 17.0. The van der Waals surface area contributed by atoms with Crippen LogP contribution in [-0.2, 0) is 9.59 Å². The van der Waals surface area contributed by atoms with Crippen molar-refractivity contribution >= 4 is 23.4 Å². The van der Waals surface area contributed by atoms with Crippen LogP contribution in [0.25, 0.3) is 0 Å². The van der Waals surface area contributed by atoms with Crippen molar-refractivity contribution in [2.45, 2.75) is 123 Å². The van der Waals surface area contributed by atoms with Crippen molar-refractivity contribution in [1.29, 1.82) is 0 Å². The molecule has 0 saturated heterocycles. The van der Waals surface area contributed by atoms with Gasteiger partial charge in [-0.2, -0.15) is 0 Å². The van der Waals surface area contributed by atoms with Gasteiger partial charge in [-0.05, 0) is 101 Å². The van der Waals surface area contributed by atoms with Gasteiger partial charge in [0.1, 0.15) is 5.54 Å². The number of nitrogens with two attached hydrogens (primary N) is 1. The van der Waals surface area contributed by atoms with Gasteiger partial charge in [0.2, 0.25) is 11.8 Å². The van der Waals surface area contributed by atoms with E-state index in [-0.39, 0.29) is 29.6 Å². The monoisotopic (exact) mass is 568 g/mol. The maximum Gasteiger partial charge on any atom is 0.254 e. The molecule has 3 amide bonds. The highest BCUT2D eigenvalue weighted by Crippen LogP contribution is 2.47. The molecule has 0 aliphatic heterocycles. The summed E-state index contributed by atoms with van der Waals surface area (Å²) in [5.74, 6) is -0.383. The molecule has 41 heavy (non-hydrogen) atoms. The number of unbranched alkanes of at least 4 members (excludes halogenated alkanes) is 2. The van der Waals surface area contributed by atoms with Gasteiger partial charge in [0.25, 0.3) is 5.91 Å². The Labute approximate surface area is 249 Å². The van der Waals surface area contributed by atoms with E-state index in [0.717, 1.165) is 90.3 Å². The second-order valence-electron chi connectivity index (χ2n) is 12.5. The molecule has 2 aliphatic carbocycles. The zero-order chi connectivity index (χ0) is 29.7. The van der Waals surface area contributed by atoms with Crippen LogP contribution in [0.1, 0.15) is 127 Å². The first-order valence-electron chi connectivity index (χ1n) is 16.6. The number of carbonyl (C=O) groups is 3. The zero-order valence-corrected chi connectivity index (χ0v) is 26.1. The van der Waals surface area contributed by atoms with Crippen LogP contribution in [0.5, 0.6) is 0 Å². The van der Waals surface area contributed by atoms with Crippen molar-refractivity contribution in [1.82, 2.24) is 9.80 Å². The first-order valence-corrected chi connectivity index (χ1v) is 16.6. The number of amides is 3. The molecule has 0 unspecified atom stereocenters. The summed E-state index contributed by atoms with van der Waals surface area (Å²) in [6.07, 6.45) is 16.0. The average Bonchev–Trinajstić information content (AvgIpc) is 2.98. The molecule has 0 radical (unpaired) electrons. The third-order valence-corrected chi connectivity index (χ3v) is 9.51. The van der Waals surface area contributed by atoms with E-state index >= 15 is 0 Å². The molecular weight excluding hydrogens is 512 g/mol. The second kappa shape index (κ2) is 16.9. The fourth-order valence-electron chi connectivity index (χ4n) is 7.46. The predicted octanol–water partition coefficient (Wildman–Crippen LogP) is 6.76. The standard InChI is InChI=1S/C34H56N4O3/c1-4-6-23-37(24-7-5-2)25-14-26-38(32(40)28-19-21-31(22-20-28)36-27(3)39)34(33(35)41,29-15-10-8-11-16-29)30-17-12-9-13-18-30/h19-22,29-30H,4-18,23-26H2,1-3H3,(H2,35,41)(H,36,39). The van der Waals surface area contributed by atoms with Crippen LogP contribution in [0.15, 0.2) is 24.3 Å². The molecule has 0 heterocycles. The summed E-state index contributed by atoms with van der Waals surface area (Å²) in [7, 11) is 0. The third-order valence-electron chi connectivity index (χ3n) is 9.51. The molecule has 0 bridgehead atoms. The van der Waals surface area contributed by atoms with Crippen LogP contribution in [0.2, 0.25) is 0 Å². The van der Waals surface area contributed by atoms with Crippen molar-refractivity contribution in [2.75, 3.05) is 31.5 Å².